The number of amides is 2. The van der Waals surface area contributed by atoms with E-state index in [-0.39, 0.29) is 23.6 Å². The summed E-state index contributed by atoms with van der Waals surface area (Å²) >= 11 is 1.18. The number of anilines is 1. The van der Waals surface area contributed by atoms with Crippen LogP contribution in [0.4, 0.5) is 5.69 Å². The van der Waals surface area contributed by atoms with E-state index in [4.69, 9.17) is 0 Å². The van der Waals surface area contributed by atoms with Gasteiger partial charge >= 0.3 is 0 Å². The molecule has 0 aliphatic carbocycles. The minimum Gasteiger partial charge on any atom is -0.618 e. The van der Waals surface area contributed by atoms with Gasteiger partial charge in [-0.25, -0.2) is 0 Å². The van der Waals surface area contributed by atoms with Crippen molar-refractivity contribution in [1.82, 2.24) is 5.32 Å². The van der Waals surface area contributed by atoms with Gasteiger partial charge in [0.25, 0.3) is 5.03 Å². The van der Waals surface area contributed by atoms with Crippen molar-refractivity contribution in [1.29, 1.82) is 0 Å². The number of nitrogens with zero attached hydrogens (tertiary/aromatic N) is 1. The summed E-state index contributed by atoms with van der Waals surface area (Å²) in [7, 11) is 0. The molecule has 0 bridgehead atoms. The number of carbonyl (C=O) groups excluding carboxylic acids is 2. The van der Waals surface area contributed by atoms with Crippen LogP contribution in [0.25, 0.3) is 0 Å². The van der Waals surface area contributed by atoms with Crippen LogP contribution in [0, 0.1) is 5.21 Å². The first-order chi connectivity index (χ1) is 11.9. The molecule has 0 saturated carbocycles. The van der Waals surface area contributed by atoms with Gasteiger partial charge in [0, 0.05) is 23.9 Å². The molecule has 6 nitrogen and oxygen atoms in total. The zero-order chi connectivity index (χ0) is 18.2. The van der Waals surface area contributed by atoms with Gasteiger partial charge in [0.05, 0.1) is 12.2 Å². The van der Waals surface area contributed by atoms with Gasteiger partial charge < -0.3 is 15.8 Å². The second kappa shape index (κ2) is 9.08. The van der Waals surface area contributed by atoms with Crippen LogP contribution in [-0.2, 0) is 16.0 Å². The van der Waals surface area contributed by atoms with Crippen molar-refractivity contribution in [3.63, 3.8) is 0 Å². The molecule has 0 aliphatic rings. The molecule has 0 atom stereocenters. The molecule has 2 rings (SSSR count). The van der Waals surface area contributed by atoms with Gasteiger partial charge in [0.2, 0.25) is 11.8 Å². The number of benzene rings is 1. The highest BCUT2D eigenvalue weighted by atomic mass is 32.2. The maximum absolute atomic E-state index is 12.0. The zero-order valence-corrected chi connectivity index (χ0v) is 15.0. The van der Waals surface area contributed by atoms with Crippen LogP contribution in [0.1, 0.15) is 19.4 Å². The van der Waals surface area contributed by atoms with Gasteiger partial charge in [-0.3, -0.25) is 9.59 Å². The Balaban J connectivity index is 1.83. The SMILES string of the molecule is CC(C)NC(=O)Cc1ccc(NC(=O)CSc2cccc[n+]2[O-])cc1. The van der Waals surface area contributed by atoms with Crippen LogP contribution < -0.4 is 15.4 Å². The summed E-state index contributed by atoms with van der Waals surface area (Å²) in [4.78, 5) is 23.7. The van der Waals surface area contributed by atoms with Crippen LogP contribution in [0.15, 0.2) is 53.7 Å². The van der Waals surface area contributed by atoms with E-state index in [2.05, 4.69) is 10.6 Å². The van der Waals surface area contributed by atoms with E-state index in [0.717, 1.165) is 10.3 Å². The minimum absolute atomic E-state index is 0.0306. The summed E-state index contributed by atoms with van der Waals surface area (Å²) in [6, 6.07) is 12.3. The third-order valence-corrected chi connectivity index (χ3v) is 4.21. The van der Waals surface area contributed by atoms with E-state index in [1.165, 1.54) is 18.0 Å². The van der Waals surface area contributed by atoms with Crippen LogP contribution >= 0.6 is 11.8 Å². The van der Waals surface area contributed by atoms with Crippen molar-refractivity contribution in [2.24, 2.45) is 0 Å². The molecule has 1 aromatic carbocycles. The lowest BCUT2D eigenvalue weighted by molar-refractivity contribution is -0.645. The smallest absolute Gasteiger partial charge is 0.251 e. The summed E-state index contributed by atoms with van der Waals surface area (Å²) in [6.07, 6.45) is 1.70. The number of hydrogen-bond donors (Lipinski definition) is 2. The fraction of sp³-hybridized carbons (Fsp3) is 0.278. The molecular formula is C18H21N3O3S. The Morgan fingerprint density at radius 1 is 1.12 bits per heavy atom. The third kappa shape index (κ3) is 6.46. The quantitative estimate of drug-likeness (QED) is 0.450. The molecule has 0 saturated heterocycles. The highest BCUT2D eigenvalue weighted by molar-refractivity contribution is 7.99. The molecule has 1 aromatic heterocycles. The largest absolute Gasteiger partial charge is 0.618 e. The summed E-state index contributed by atoms with van der Waals surface area (Å²) in [5.41, 5.74) is 1.53. The van der Waals surface area contributed by atoms with Gasteiger partial charge in [-0.1, -0.05) is 12.1 Å². The zero-order valence-electron chi connectivity index (χ0n) is 14.2. The van der Waals surface area contributed by atoms with E-state index in [0.29, 0.717) is 17.1 Å². The molecule has 2 aromatic rings. The molecule has 0 radical (unpaired) electrons. The lowest BCUT2D eigenvalue weighted by Crippen LogP contribution is -2.31. The van der Waals surface area contributed by atoms with Crippen molar-refractivity contribution in [2.75, 3.05) is 11.1 Å². The first-order valence-electron chi connectivity index (χ1n) is 7.93. The van der Waals surface area contributed by atoms with Gasteiger partial charge in [0.1, 0.15) is 0 Å². The number of thioether (sulfide) groups is 1. The molecule has 0 spiro atoms. The maximum atomic E-state index is 12.0. The summed E-state index contributed by atoms with van der Waals surface area (Å²) in [5, 5.41) is 17.6. The standard InChI is InChI=1S/C18H21N3O3S/c1-13(2)19-16(22)11-14-6-8-15(9-7-14)20-17(23)12-25-18-5-3-4-10-21(18)24/h3-10,13H,11-12H2,1-2H3,(H,19,22)(H,20,23). The normalized spacial score (nSPS) is 10.5. The number of aromatic nitrogens is 1. The Bertz CT molecular complexity index is 733. The number of hydrogen-bond acceptors (Lipinski definition) is 4. The van der Waals surface area contributed by atoms with Crippen LogP contribution in [0.5, 0.6) is 0 Å². The Hall–Kier alpha value is -2.54. The molecule has 132 valence electrons. The van der Waals surface area contributed by atoms with Gasteiger partial charge in [0.15, 0.2) is 6.20 Å². The fourth-order valence-electron chi connectivity index (χ4n) is 2.13. The maximum Gasteiger partial charge on any atom is 0.251 e. The molecule has 0 fully saturated rings. The monoisotopic (exact) mass is 359 g/mol. The summed E-state index contributed by atoms with van der Waals surface area (Å²) in [6.45, 7) is 3.83. The summed E-state index contributed by atoms with van der Waals surface area (Å²) < 4.78 is 0.731. The molecule has 2 amide bonds. The van der Waals surface area contributed by atoms with Crippen LogP contribution in [0.3, 0.4) is 0 Å². The Kier molecular flexibility index (Phi) is 6.82. The molecule has 0 aliphatic heterocycles. The van der Waals surface area contributed by atoms with Crippen molar-refractivity contribution < 1.29 is 14.3 Å². The number of rotatable bonds is 7. The van der Waals surface area contributed by atoms with Crippen LogP contribution in [0.2, 0.25) is 0 Å². The molecular weight excluding hydrogens is 338 g/mol. The van der Waals surface area contributed by atoms with Crippen LogP contribution in [-0.4, -0.2) is 23.6 Å². The first-order valence-corrected chi connectivity index (χ1v) is 8.92. The minimum atomic E-state index is -0.195. The molecule has 0 unspecified atom stereocenters. The van der Waals surface area contributed by atoms with E-state index < -0.39 is 0 Å². The Morgan fingerprint density at radius 3 is 2.48 bits per heavy atom. The first kappa shape index (κ1) is 18.8. The third-order valence-electron chi connectivity index (χ3n) is 3.19. The lowest BCUT2D eigenvalue weighted by atomic mass is 10.1. The highest BCUT2D eigenvalue weighted by Crippen LogP contribution is 2.14. The molecule has 7 heteroatoms. The lowest BCUT2D eigenvalue weighted by Gasteiger charge is -2.09. The van der Waals surface area contributed by atoms with Crippen molar-refractivity contribution >= 4 is 29.3 Å². The van der Waals surface area contributed by atoms with Crippen molar-refractivity contribution in [3.05, 3.63) is 59.4 Å². The van der Waals surface area contributed by atoms with Gasteiger partial charge in [-0.05, 0) is 49.4 Å². The number of carbonyl (C=O) groups is 2. The number of pyridine rings is 1. The average Bonchev–Trinajstić information content (AvgIpc) is 2.55. The summed E-state index contributed by atoms with van der Waals surface area (Å²) in [5.74, 6) is -0.0822. The topological polar surface area (TPSA) is 85.1 Å². The van der Waals surface area contributed by atoms with Gasteiger partial charge in [-0.15, -0.1) is 0 Å². The molecule has 25 heavy (non-hydrogen) atoms. The van der Waals surface area contributed by atoms with E-state index >= 15 is 0 Å². The number of nitrogens with one attached hydrogen (secondary N) is 2. The highest BCUT2D eigenvalue weighted by Gasteiger charge is 2.10. The van der Waals surface area contributed by atoms with E-state index in [1.807, 2.05) is 26.0 Å². The van der Waals surface area contributed by atoms with Gasteiger partial charge in [-0.2, -0.15) is 4.73 Å². The Morgan fingerprint density at radius 2 is 1.84 bits per heavy atom. The Labute approximate surface area is 151 Å². The fourth-order valence-corrected chi connectivity index (χ4v) is 2.84. The van der Waals surface area contributed by atoms with Crippen molar-refractivity contribution in [2.45, 2.75) is 31.3 Å². The molecule has 1 heterocycles. The second-order valence-corrected chi connectivity index (χ2v) is 6.79. The van der Waals surface area contributed by atoms with E-state index in [1.54, 1.807) is 30.3 Å². The average molecular weight is 359 g/mol. The second-order valence-electron chi connectivity index (χ2n) is 5.80. The predicted molar refractivity (Wildman–Crippen MR) is 98.2 cm³/mol. The van der Waals surface area contributed by atoms with Crippen molar-refractivity contribution in [3.8, 4) is 0 Å². The predicted octanol–water partition coefficient (Wildman–Crippen LogP) is 2.12. The molecule has 2 N–H and O–H groups in total. The van der Waals surface area contributed by atoms with E-state index in [9.17, 15) is 14.8 Å².